The summed E-state index contributed by atoms with van der Waals surface area (Å²) in [5.41, 5.74) is 8.82. The Morgan fingerprint density at radius 3 is 2.67 bits per heavy atom. The standard InChI is InChI=1S/C29H24ClF3N4O4S/c1-16-8-26(41-28-22(30)4-2-5-23(28)32)35-14-25(16)37-29(34)21(13-36-37)27(38)19-9-17-11-20(24(33)12-18(17)10-19)15-42(39,40)7-3-6-31/h2,4-5,8,10-14H,3,6-7,9,15,34H2,1H3. The van der Waals surface area contributed by atoms with Crippen LogP contribution in [-0.2, 0) is 22.0 Å². The second-order valence-electron chi connectivity index (χ2n) is 9.77. The molecule has 4 aromatic rings. The molecule has 0 unspecified atom stereocenters. The lowest BCUT2D eigenvalue weighted by molar-refractivity contribution is 0.103. The van der Waals surface area contributed by atoms with Crippen LogP contribution in [0.25, 0.3) is 11.8 Å². The average Bonchev–Trinajstić information content (AvgIpc) is 3.52. The van der Waals surface area contributed by atoms with Crippen molar-refractivity contribution in [3.05, 3.63) is 98.8 Å². The number of nitrogens with two attached hydrogens (primary N) is 1. The number of para-hydroxylation sites is 1. The van der Waals surface area contributed by atoms with Crippen LogP contribution >= 0.6 is 11.6 Å². The van der Waals surface area contributed by atoms with Crippen LogP contribution in [0.1, 0.15) is 39.0 Å². The minimum absolute atomic E-state index is 0.0327. The van der Waals surface area contributed by atoms with E-state index in [2.05, 4.69) is 10.1 Å². The molecule has 1 aliphatic carbocycles. The molecule has 13 heteroatoms. The van der Waals surface area contributed by atoms with Crippen molar-refractivity contribution in [2.75, 3.05) is 18.2 Å². The molecule has 0 spiro atoms. The zero-order chi connectivity index (χ0) is 30.2. The van der Waals surface area contributed by atoms with E-state index in [1.807, 2.05) is 0 Å². The SMILES string of the molecule is Cc1cc(Oc2c(F)cccc2Cl)ncc1-n1ncc(C(=O)C2=Cc3cc(F)c(CS(=O)(=O)CCCF)cc3C2)c1N. The van der Waals surface area contributed by atoms with Gasteiger partial charge in [0.15, 0.2) is 27.2 Å². The predicted molar refractivity (Wildman–Crippen MR) is 152 cm³/mol. The minimum Gasteiger partial charge on any atom is -0.434 e. The van der Waals surface area contributed by atoms with E-state index in [9.17, 15) is 26.4 Å². The number of anilines is 1. The van der Waals surface area contributed by atoms with Gasteiger partial charge >= 0.3 is 0 Å². The number of benzene rings is 2. The van der Waals surface area contributed by atoms with Crippen LogP contribution < -0.4 is 10.5 Å². The molecule has 0 aliphatic heterocycles. The molecule has 42 heavy (non-hydrogen) atoms. The van der Waals surface area contributed by atoms with Gasteiger partial charge in [-0.1, -0.05) is 23.7 Å². The first-order valence-corrected chi connectivity index (χ1v) is 14.9. The second kappa shape index (κ2) is 11.6. The molecule has 0 amide bonds. The zero-order valence-electron chi connectivity index (χ0n) is 22.2. The van der Waals surface area contributed by atoms with E-state index in [-0.39, 0.29) is 52.2 Å². The lowest BCUT2D eigenvalue weighted by Gasteiger charge is -2.11. The van der Waals surface area contributed by atoms with Gasteiger partial charge in [0.25, 0.3) is 0 Å². The third kappa shape index (κ3) is 5.90. The van der Waals surface area contributed by atoms with Gasteiger partial charge in [0.2, 0.25) is 5.88 Å². The number of hydrogen-bond donors (Lipinski definition) is 1. The number of nitrogens with zero attached hydrogens (tertiary/aromatic N) is 3. The fraction of sp³-hybridized carbons (Fsp3) is 0.207. The Labute approximate surface area is 244 Å². The molecule has 0 saturated carbocycles. The quantitative estimate of drug-likeness (QED) is 0.218. The largest absolute Gasteiger partial charge is 0.434 e. The smallest absolute Gasteiger partial charge is 0.219 e. The molecular weight excluding hydrogens is 593 g/mol. The Bertz CT molecular complexity index is 1840. The number of alkyl halides is 1. The molecular formula is C29H24ClF3N4O4S. The first kappa shape index (κ1) is 29.3. The Hall–Kier alpha value is -4.16. The predicted octanol–water partition coefficient (Wildman–Crippen LogP) is 5.98. The molecule has 0 radical (unpaired) electrons. The van der Waals surface area contributed by atoms with E-state index in [4.69, 9.17) is 22.1 Å². The van der Waals surface area contributed by atoms with Gasteiger partial charge in [-0.3, -0.25) is 9.18 Å². The number of halogens is 4. The van der Waals surface area contributed by atoms with Crippen LogP contribution in [0.2, 0.25) is 5.02 Å². The van der Waals surface area contributed by atoms with Crippen LogP contribution in [0.5, 0.6) is 11.6 Å². The number of carbonyl (C=O) groups is 1. The van der Waals surface area contributed by atoms with Crippen molar-refractivity contribution in [1.82, 2.24) is 14.8 Å². The minimum atomic E-state index is -3.69. The number of aromatic nitrogens is 3. The Kier molecular flexibility index (Phi) is 8.11. The molecule has 0 fully saturated rings. The summed E-state index contributed by atoms with van der Waals surface area (Å²) in [6.07, 6.45) is 4.25. The molecule has 0 saturated heterocycles. The highest BCUT2D eigenvalue weighted by molar-refractivity contribution is 7.90. The average molecular weight is 617 g/mol. The molecule has 0 atom stereocenters. The Morgan fingerprint density at radius 2 is 1.95 bits per heavy atom. The van der Waals surface area contributed by atoms with Crippen LogP contribution in [0.3, 0.4) is 0 Å². The number of ether oxygens (including phenoxy) is 1. The maximum atomic E-state index is 14.7. The van der Waals surface area contributed by atoms with Crippen molar-refractivity contribution in [2.24, 2.45) is 0 Å². The first-order valence-electron chi connectivity index (χ1n) is 12.7. The number of sulfone groups is 1. The van der Waals surface area contributed by atoms with Gasteiger partial charge in [-0.25, -0.2) is 26.9 Å². The van der Waals surface area contributed by atoms with Gasteiger partial charge < -0.3 is 10.5 Å². The summed E-state index contributed by atoms with van der Waals surface area (Å²) in [6.45, 7) is 0.955. The lowest BCUT2D eigenvalue weighted by Crippen LogP contribution is -2.11. The van der Waals surface area contributed by atoms with Crippen LogP contribution in [0.15, 0.2) is 54.4 Å². The Balaban J connectivity index is 1.35. The summed E-state index contributed by atoms with van der Waals surface area (Å²) in [5, 5.41) is 4.33. The van der Waals surface area contributed by atoms with E-state index >= 15 is 0 Å². The molecule has 2 aromatic carbocycles. The number of carbonyl (C=O) groups excluding carboxylic acids is 1. The van der Waals surface area contributed by atoms with Gasteiger partial charge in [0.1, 0.15) is 11.6 Å². The van der Waals surface area contributed by atoms with Gasteiger partial charge in [-0.05, 0) is 54.3 Å². The number of rotatable bonds is 10. The number of allylic oxidation sites excluding steroid dienone is 1. The van der Waals surface area contributed by atoms with Crippen molar-refractivity contribution in [1.29, 1.82) is 0 Å². The van der Waals surface area contributed by atoms with Crippen LogP contribution in [0, 0.1) is 18.6 Å². The number of Topliss-reactive ketones (excluding diaryl/α,β-unsaturated/α-hetero) is 1. The van der Waals surface area contributed by atoms with Gasteiger partial charge in [-0.2, -0.15) is 5.10 Å². The zero-order valence-corrected chi connectivity index (χ0v) is 23.8. The molecule has 0 bridgehead atoms. The molecule has 2 N–H and O–H groups in total. The summed E-state index contributed by atoms with van der Waals surface area (Å²) in [7, 11) is -3.69. The summed E-state index contributed by atoms with van der Waals surface area (Å²) in [5.74, 6) is -2.77. The second-order valence-corrected chi connectivity index (χ2v) is 12.4. The number of nitrogen functional groups attached to an aromatic ring is 1. The maximum absolute atomic E-state index is 14.7. The van der Waals surface area contributed by atoms with Crippen molar-refractivity contribution in [2.45, 2.75) is 25.5 Å². The highest BCUT2D eigenvalue weighted by Gasteiger charge is 2.26. The fourth-order valence-electron chi connectivity index (χ4n) is 4.64. The maximum Gasteiger partial charge on any atom is 0.219 e. The summed E-state index contributed by atoms with van der Waals surface area (Å²) in [6, 6.07) is 8.30. The first-order chi connectivity index (χ1) is 20.0. The van der Waals surface area contributed by atoms with Crippen molar-refractivity contribution < 1.29 is 31.1 Å². The van der Waals surface area contributed by atoms with Crippen LogP contribution in [0.4, 0.5) is 19.0 Å². The van der Waals surface area contributed by atoms with E-state index in [1.54, 1.807) is 13.0 Å². The summed E-state index contributed by atoms with van der Waals surface area (Å²) < 4.78 is 72.5. The number of hydrogen-bond acceptors (Lipinski definition) is 7. The third-order valence-electron chi connectivity index (χ3n) is 6.74. The monoisotopic (exact) mass is 616 g/mol. The third-order valence-corrected chi connectivity index (χ3v) is 8.70. The number of aryl methyl sites for hydroxylation is 1. The number of ketones is 1. The van der Waals surface area contributed by atoms with Crippen molar-refractivity contribution >= 4 is 39.1 Å². The van der Waals surface area contributed by atoms with E-state index in [0.717, 1.165) is 0 Å². The highest BCUT2D eigenvalue weighted by Crippen LogP contribution is 2.34. The normalized spacial score (nSPS) is 12.7. The topological polar surface area (TPSA) is 117 Å². The summed E-state index contributed by atoms with van der Waals surface area (Å²) in [4.78, 5) is 17.6. The van der Waals surface area contributed by atoms with Crippen LogP contribution in [-0.4, -0.2) is 41.4 Å². The number of pyridine rings is 1. The van der Waals surface area contributed by atoms with Gasteiger partial charge in [0.05, 0.1) is 46.8 Å². The van der Waals surface area contributed by atoms with Gasteiger partial charge in [-0.15, -0.1) is 0 Å². The van der Waals surface area contributed by atoms with E-state index in [0.29, 0.717) is 28.0 Å². The fourth-order valence-corrected chi connectivity index (χ4v) is 6.23. The highest BCUT2D eigenvalue weighted by atomic mass is 35.5. The number of fused-ring (bicyclic) bond motifs is 1. The molecule has 2 aromatic heterocycles. The lowest BCUT2D eigenvalue weighted by atomic mass is 10.0. The molecule has 218 valence electrons. The molecule has 8 nitrogen and oxygen atoms in total. The van der Waals surface area contributed by atoms with E-state index < -0.39 is 39.7 Å². The molecule has 2 heterocycles. The molecule has 5 rings (SSSR count). The van der Waals surface area contributed by atoms with Gasteiger partial charge in [0, 0.05) is 23.6 Å². The van der Waals surface area contributed by atoms with Crippen molar-refractivity contribution in [3.63, 3.8) is 0 Å². The summed E-state index contributed by atoms with van der Waals surface area (Å²) >= 11 is 6.03. The Morgan fingerprint density at radius 1 is 1.17 bits per heavy atom. The molecule has 1 aliphatic rings. The van der Waals surface area contributed by atoms with E-state index in [1.165, 1.54) is 53.5 Å². The van der Waals surface area contributed by atoms with Crippen molar-refractivity contribution in [3.8, 4) is 17.3 Å².